The van der Waals surface area contributed by atoms with E-state index in [1.165, 1.54) is 23.5 Å². The third kappa shape index (κ3) is 4.10. The maximum atomic E-state index is 12.8. The number of nitrogens with zero attached hydrogens (tertiary/aromatic N) is 1. The Hall–Kier alpha value is -0.820. The molecule has 0 bridgehead atoms. The zero-order valence-corrected chi connectivity index (χ0v) is 14.2. The maximum Gasteiger partial charge on any atom is 0.246 e. The zero-order chi connectivity index (χ0) is 16.0. The second kappa shape index (κ2) is 7.98. The molecule has 1 N–H and O–H groups in total. The molecule has 21 heavy (non-hydrogen) atoms. The molecule has 1 rings (SSSR count). The molecule has 0 spiro atoms. The summed E-state index contributed by atoms with van der Waals surface area (Å²) in [5.41, 5.74) is 0.357. The fourth-order valence-corrected chi connectivity index (χ4v) is 4.10. The van der Waals surface area contributed by atoms with Crippen LogP contribution in [0.15, 0.2) is 17.0 Å². The van der Waals surface area contributed by atoms with Gasteiger partial charge in [-0.1, -0.05) is 31.9 Å². The first kappa shape index (κ1) is 18.2. The van der Waals surface area contributed by atoms with Crippen molar-refractivity contribution in [3.63, 3.8) is 0 Å². The van der Waals surface area contributed by atoms with Crippen LogP contribution in [0, 0.1) is 0 Å². The number of aliphatic hydroxyl groups excluding tert-OH is 1. The van der Waals surface area contributed by atoms with Gasteiger partial charge in [0.15, 0.2) is 0 Å². The Kier molecular flexibility index (Phi) is 6.93. The molecule has 0 unspecified atom stereocenters. The highest BCUT2D eigenvalue weighted by Gasteiger charge is 2.28. The molecule has 7 heteroatoms. The summed E-state index contributed by atoms with van der Waals surface area (Å²) >= 11 is 5.97. The van der Waals surface area contributed by atoms with Crippen molar-refractivity contribution < 1.29 is 18.3 Å². The molecule has 120 valence electrons. The van der Waals surface area contributed by atoms with E-state index in [-0.39, 0.29) is 22.3 Å². The second-order valence-electron chi connectivity index (χ2n) is 4.60. The molecule has 0 atom stereocenters. The predicted octanol–water partition coefficient (Wildman–Crippen LogP) is 2.65. The average Bonchev–Trinajstić information content (AvgIpc) is 2.46. The van der Waals surface area contributed by atoms with Crippen molar-refractivity contribution in [1.82, 2.24) is 4.31 Å². The number of rotatable bonds is 8. The van der Waals surface area contributed by atoms with Crippen molar-refractivity contribution in [2.75, 3.05) is 20.2 Å². The predicted molar refractivity (Wildman–Crippen MR) is 83.3 cm³/mol. The van der Waals surface area contributed by atoms with Crippen LogP contribution in [0.2, 0.25) is 5.02 Å². The first-order valence-electron chi connectivity index (χ1n) is 6.89. The number of unbranched alkanes of at least 4 members (excludes halogenated alkanes) is 1. The molecule has 0 radical (unpaired) electrons. The molecule has 0 aliphatic heterocycles. The van der Waals surface area contributed by atoms with Gasteiger partial charge in [0.1, 0.15) is 10.6 Å². The van der Waals surface area contributed by atoms with Crippen LogP contribution in [0.25, 0.3) is 0 Å². The second-order valence-corrected chi connectivity index (χ2v) is 6.95. The van der Waals surface area contributed by atoms with Crippen LogP contribution >= 0.6 is 11.6 Å². The summed E-state index contributed by atoms with van der Waals surface area (Å²) in [6.45, 7) is 4.26. The van der Waals surface area contributed by atoms with E-state index in [1.54, 1.807) is 6.92 Å². The van der Waals surface area contributed by atoms with E-state index in [1.807, 2.05) is 6.92 Å². The monoisotopic (exact) mass is 335 g/mol. The van der Waals surface area contributed by atoms with Crippen LogP contribution in [0.1, 0.15) is 32.3 Å². The molecular weight excluding hydrogens is 314 g/mol. The molecule has 5 nitrogen and oxygen atoms in total. The summed E-state index contributed by atoms with van der Waals surface area (Å²) in [6, 6.07) is 2.87. The quantitative estimate of drug-likeness (QED) is 0.793. The summed E-state index contributed by atoms with van der Waals surface area (Å²) in [6.07, 6.45) is 1.68. The standard InChI is InChI=1S/C14H22ClNO4S/c1-4-6-7-16(5-2)21(18,19)13-9-12(15)8-11(10-17)14(13)20-3/h8-9,17H,4-7,10H2,1-3H3. The highest BCUT2D eigenvalue weighted by molar-refractivity contribution is 7.89. The summed E-state index contributed by atoms with van der Waals surface area (Å²) in [5.74, 6) is 0.150. The van der Waals surface area contributed by atoms with Gasteiger partial charge in [-0.15, -0.1) is 0 Å². The van der Waals surface area contributed by atoms with E-state index in [0.717, 1.165) is 12.8 Å². The molecule has 0 saturated heterocycles. The fourth-order valence-electron chi connectivity index (χ4n) is 2.09. The molecule has 0 saturated carbocycles. The molecule has 0 aliphatic carbocycles. The van der Waals surface area contributed by atoms with Crippen LogP contribution < -0.4 is 4.74 Å². The zero-order valence-electron chi connectivity index (χ0n) is 12.6. The summed E-state index contributed by atoms with van der Waals surface area (Å²) in [5, 5.41) is 9.61. The van der Waals surface area contributed by atoms with Crippen LogP contribution in [-0.2, 0) is 16.6 Å². The summed E-state index contributed by atoms with van der Waals surface area (Å²) in [4.78, 5) is -0.000460. The van der Waals surface area contributed by atoms with Gasteiger partial charge in [0.05, 0.1) is 13.7 Å². The van der Waals surface area contributed by atoms with E-state index in [9.17, 15) is 13.5 Å². The molecule has 1 aromatic carbocycles. The van der Waals surface area contributed by atoms with Crippen molar-refractivity contribution in [2.24, 2.45) is 0 Å². The lowest BCUT2D eigenvalue weighted by Gasteiger charge is -2.22. The van der Waals surface area contributed by atoms with Gasteiger partial charge in [0.25, 0.3) is 0 Å². The lowest BCUT2D eigenvalue weighted by atomic mass is 10.2. The molecule has 0 amide bonds. The van der Waals surface area contributed by atoms with E-state index < -0.39 is 10.0 Å². The van der Waals surface area contributed by atoms with Gasteiger partial charge in [0.2, 0.25) is 10.0 Å². The smallest absolute Gasteiger partial charge is 0.246 e. The SMILES string of the molecule is CCCCN(CC)S(=O)(=O)c1cc(Cl)cc(CO)c1OC. The van der Waals surface area contributed by atoms with Gasteiger partial charge in [-0.05, 0) is 18.6 Å². The molecule has 0 heterocycles. The number of sulfonamides is 1. The van der Waals surface area contributed by atoms with Gasteiger partial charge in [-0.3, -0.25) is 0 Å². The first-order chi connectivity index (χ1) is 9.92. The fraction of sp³-hybridized carbons (Fsp3) is 0.571. The van der Waals surface area contributed by atoms with Crippen LogP contribution in [-0.4, -0.2) is 38.0 Å². The van der Waals surface area contributed by atoms with E-state index in [0.29, 0.717) is 18.7 Å². The minimum absolute atomic E-state index is 0.000460. The topological polar surface area (TPSA) is 66.8 Å². The lowest BCUT2D eigenvalue weighted by molar-refractivity contribution is 0.272. The van der Waals surface area contributed by atoms with E-state index in [2.05, 4.69) is 0 Å². The Morgan fingerprint density at radius 3 is 2.48 bits per heavy atom. The Bertz CT molecular complexity index is 575. The van der Waals surface area contributed by atoms with Crippen molar-refractivity contribution in [1.29, 1.82) is 0 Å². The average molecular weight is 336 g/mol. The Morgan fingerprint density at radius 1 is 1.33 bits per heavy atom. The van der Waals surface area contributed by atoms with Crippen LogP contribution in [0.4, 0.5) is 0 Å². The number of methoxy groups -OCH3 is 1. The minimum Gasteiger partial charge on any atom is -0.495 e. The number of hydrogen-bond donors (Lipinski definition) is 1. The molecule has 0 aromatic heterocycles. The molecular formula is C14H22ClNO4S. The molecule has 0 fully saturated rings. The Labute approximate surface area is 131 Å². The van der Waals surface area contributed by atoms with Crippen molar-refractivity contribution in [3.05, 3.63) is 22.7 Å². The number of ether oxygens (including phenoxy) is 1. The van der Waals surface area contributed by atoms with E-state index >= 15 is 0 Å². The van der Waals surface area contributed by atoms with Crippen LogP contribution in [0.3, 0.4) is 0 Å². The highest BCUT2D eigenvalue weighted by atomic mass is 35.5. The van der Waals surface area contributed by atoms with Crippen LogP contribution in [0.5, 0.6) is 5.75 Å². The van der Waals surface area contributed by atoms with Gasteiger partial charge in [0, 0.05) is 23.7 Å². The first-order valence-corrected chi connectivity index (χ1v) is 8.71. The van der Waals surface area contributed by atoms with Gasteiger partial charge in [-0.25, -0.2) is 8.42 Å². The number of aliphatic hydroxyl groups is 1. The highest BCUT2D eigenvalue weighted by Crippen LogP contribution is 2.33. The van der Waals surface area contributed by atoms with Gasteiger partial charge in [-0.2, -0.15) is 4.31 Å². The van der Waals surface area contributed by atoms with Gasteiger partial charge < -0.3 is 9.84 Å². The summed E-state index contributed by atoms with van der Waals surface area (Å²) < 4.78 is 32.1. The number of benzene rings is 1. The largest absolute Gasteiger partial charge is 0.495 e. The molecule has 0 aliphatic rings. The number of hydrogen-bond acceptors (Lipinski definition) is 4. The third-order valence-electron chi connectivity index (χ3n) is 3.20. The Balaban J connectivity index is 3.38. The number of halogens is 1. The minimum atomic E-state index is -3.71. The maximum absolute atomic E-state index is 12.8. The van der Waals surface area contributed by atoms with Crippen molar-refractivity contribution >= 4 is 21.6 Å². The molecule has 1 aromatic rings. The third-order valence-corrected chi connectivity index (χ3v) is 5.40. The summed E-state index contributed by atoms with van der Waals surface area (Å²) in [7, 11) is -2.33. The van der Waals surface area contributed by atoms with Crippen molar-refractivity contribution in [3.8, 4) is 5.75 Å². The Morgan fingerprint density at radius 2 is 2.00 bits per heavy atom. The van der Waals surface area contributed by atoms with E-state index in [4.69, 9.17) is 16.3 Å². The van der Waals surface area contributed by atoms with Gasteiger partial charge >= 0.3 is 0 Å². The van der Waals surface area contributed by atoms with Crippen molar-refractivity contribution in [2.45, 2.75) is 38.2 Å². The lowest BCUT2D eigenvalue weighted by Crippen LogP contribution is -2.32. The normalized spacial score (nSPS) is 11.9.